The Morgan fingerprint density at radius 2 is 1.81 bits per heavy atom. The van der Waals surface area contributed by atoms with Crippen molar-refractivity contribution in [1.29, 1.82) is 0 Å². The largest absolute Gasteiger partial charge is 0.501 e. The van der Waals surface area contributed by atoms with Gasteiger partial charge in [0.1, 0.15) is 24.9 Å². The first kappa shape index (κ1) is 26.4. The third-order valence-corrected chi connectivity index (χ3v) is 6.93. The molecule has 1 fully saturated rings. The van der Waals surface area contributed by atoms with Crippen LogP contribution < -0.4 is 16.0 Å². The van der Waals surface area contributed by atoms with Crippen molar-refractivity contribution < 1.29 is 27.8 Å². The van der Waals surface area contributed by atoms with E-state index in [9.17, 15) is 23.2 Å². The van der Waals surface area contributed by atoms with Crippen LogP contribution in [0.3, 0.4) is 0 Å². The van der Waals surface area contributed by atoms with Gasteiger partial charge in [0.05, 0.1) is 37.4 Å². The van der Waals surface area contributed by atoms with Crippen LogP contribution in [0.15, 0.2) is 51.0 Å². The summed E-state index contributed by atoms with van der Waals surface area (Å²) in [6.45, 7) is -1.11. The molecule has 0 spiro atoms. The van der Waals surface area contributed by atoms with E-state index >= 15 is 0 Å². The quantitative estimate of drug-likeness (QED) is 0.449. The summed E-state index contributed by atoms with van der Waals surface area (Å²) in [7, 11) is 3.10. The zero-order chi connectivity index (χ0) is 26.5. The van der Waals surface area contributed by atoms with Gasteiger partial charge in [-0.15, -0.1) is 0 Å². The SMILES string of the molecule is COC1=CC(Cn2c(=O)c3cc(OC(CF)CF)ccc3n(C3CCN(C=O)CC3)c2=O)=C(OC)CC1. The summed E-state index contributed by atoms with van der Waals surface area (Å²) < 4.78 is 45.2. The Labute approximate surface area is 212 Å². The average Bonchev–Trinajstić information content (AvgIpc) is 2.94. The summed E-state index contributed by atoms with van der Waals surface area (Å²) in [5, 5.41) is 0.192. The maximum Gasteiger partial charge on any atom is 0.332 e. The van der Waals surface area contributed by atoms with E-state index in [1.807, 2.05) is 0 Å². The molecule has 9 nitrogen and oxygen atoms in total. The molecular weight excluding hydrogens is 488 g/mol. The second-order valence-electron chi connectivity index (χ2n) is 9.11. The van der Waals surface area contributed by atoms with Crippen molar-refractivity contribution in [1.82, 2.24) is 14.0 Å². The van der Waals surface area contributed by atoms with Crippen LogP contribution in [-0.4, -0.2) is 67.2 Å². The lowest BCUT2D eigenvalue weighted by Gasteiger charge is -2.31. The maximum atomic E-state index is 13.8. The van der Waals surface area contributed by atoms with Gasteiger partial charge in [-0.25, -0.2) is 13.6 Å². The fourth-order valence-corrected chi connectivity index (χ4v) is 4.92. The second-order valence-corrected chi connectivity index (χ2v) is 9.11. The van der Waals surface area contributed by atoms with Gasteiger partial charge < -0.3 is 19.1 Å². The van der Waals surface area contributed by atoms with Crippen LogP contribution in [0.5, 0.6) is 5.75 Å². The Bertz CT molecular complexity index is 1320. The van der Waals surface area contributed by atoms with Crippen molar-refractivity contribution in [2.45, 2.75) is 44.4 Å². The van der Waals surface area contributed by atoms with E-state index in [0.29, 0.717) is 61.4 Å². The number of fused-ring (bicyclic) bond motifs is 1. The van der Waals surface area contributed by atoms with Crippen LogP contribution in [0.2, 0.25) is 0 Å². The number of halogens is 2. The number of likely N-dealkylation sites (tertiary alicyclic amines) is 1. The van der Waals surface area contributed by atoms with Crippen molar-refractivity contribution in [2.75, 3.05) is 40.7 Å². The summed E-state index contributed by atoms with van der Waals surface area (Å²) in [4.78, 5) is 40.3. The van der Waals surface area contributed by atoms with E-state index in [4.69, 9.17) is 14.2 Å². The molecule has 0 N–H and O–H groups in total. The molecule has 0 unspecified atom stereocenters. The predicted octanol–water partition coefficient (Wildman–Crippen LogP) is 2.87. The molecule has 2 aromatic rings. The number of benzene rings is 1. The molecular formula is C26H31F2N3O6. The van der Waals surface area contributed by atoms with Gasteiger partial charge in [-0.2, -0.15) is 0 Å². The Morgan fingerprint density at radius 3 is 2.43 bits per heavy atom. The molecule has 1 aliphatic carbocycles. The van der Waals surface area contributed by atoms with Gasteiger partial charge in [-0.05, 0) is 37.1 Å². The zero-order valence-electron chi connectivity index (χ0n) is 21.0. The summed E-state index contributed by atoms with van der Waals surface area (Å²) in [5.41, 5.74) is 0.0127. The molecule has 0 atom stereocenters. The van der Waals surface area contributed by atoms with Gasteiger partial charge >= 0.3 is 5.69 Å². The normalized spacial score (nSPS) is 16.8. The molecule has 37 heavy (non-hydrogen) atoms. The molecule has 4 rings (SSSR count). The minimum absolute atomic E-state index is 0.0422. The van der Waals surface area contributed by atoms with Crippen molar-refractivity contribution in [3.05, 3.63) is 62.2 Å². The first-order chi connectivity index (χ1) is 17.9. The number of allylic oxidation sites excluding steroid dienone is 4. The number of methoxy groups -OCH3 is 2. The lowest BCUT2D eigenvalue weighted by molar-refractivity contribution is -0.119. The highest BCUT2D eigenvalue weighted by atomic mass is 19.1. The fourth-order valence-electron chi connectivity index (χ4n) is 4.92. The molecule has 2 heterocycles. The molecule has 200 valence electrons. The van der Waals surface area contributed by atoms with Crippen molar-refractivity contribution in [3.63, 3.8) is 0 Å². The Morgan fingerprint density at radius 1 is 1.08 bits per heavy atom. The molecule has 0 radical (unpaired) electrons. The Balaban J connectivity index is 1.87. The lowest BCUT2D eigenvalue weighted by Crippen LogP contribution is -2.44. The van der Waals surface area contributed by atoms with Crippen LogP contribution in [0.25, 0.3) is 10.9 Å². The van der Waals surface area contributed by atoms with Crippen LogP contribution >= 0.6 is 0 Å². The number of carbonyl (C=O) groups excluding carboxylic acids is 1. The zero-order valence-corrected chi connectivity index (χ0v) is 21.0. The molecule has 1 saturated heterocycles. The van der Waals surface area contributed by atoms with Crippen LogP contribution in [-0.2, 0) is 20.8 Å². The van der Waals surface area contributed by atoms with E-state index in [1.165, 1.54) is 12.1 Å². The highest BCUT2D eigenvalue weighted by molar-refractivity contribution is 5.80. The second kappa shape index (κ2) is 11.6. The highest BCUT2D eigenvalue weighted by Crippen LogP contribution is 2.28. The topological polar surface area (TPSA) is 92.0 Å². The minimum Gasteiger partial charge on any atom is -0.501 e. The Kier molecular flexibility index (Phi) is 8.30. The Hall–Kier alpha value is -3.63. The number of carbonyl (C=O) groups is 1. The van der Waals surface area contributed by atoms with Gasteiger partial charge in [0.15, 0.2) is 6.10 Å². The molecule has 11 heteroatoms. The summed E-state index contributed by atoms with van der Waals surface area (Å²) >= 11 is 0. The van der Waals surface area contributed by atoms with E-state index in [-0.39, 0.29) is 23.7 Å². The smallest absolute Gasteiger partial charge is 0.332 e. The van der Waals surface area contributed by atoms with Crippen molar-refractivity contribution in [3.8, 4) is 5.75 Å². The van der Waals surface area contributed by atoms with Gasteiger partial charge in [-0.3, -0.25) is 18.7 Å². The molecule has 1 aromatic carbocycles. The highest BCUT2D eigenvalue weighted by Gasteiger charge is 2.26. The molecule has 1 aromatic heterocycles. The number of rotatable bonds is 10. The monoisotopic (exact) mass is 519 g/mol. The fraction of sp³-hybridized carbons (Fsp3) is 0.500. The van der Waals surface area contributed by atoms with Gasteiger partial charge in [0.2, 0.25) is 6.41 Å². The molecule has 1 aliphatic heterocycles. The summed E-state index contributed by atoms with van der Waals surface area (Å²) in [6, 6.07) is 4.25. The van der Waals surface area contributed by atoms with Crippen LogP contribution in [0, 0.1) is 0 Å². The molecule has 0 saturated carbocycles. The van der Waals surface area contributed by atoms with E-state index in [1.54, 1.807) is 35.8 Å². The first-order valence-corrected chi connectivity index (χ1v) is 12.2. The third kappa shape index (κ3) is 5.40. The predicted molar refractivity (Wildman–Crippen MR) is 133 cm³/mol. The maximum absolute atomic E-state index is 13.8. The van der Waals surface area contributed by atoms with Crippen molar-refractivity contribution in [2.24, 2.45) is 0 Å². The number of piperidine rings is 1. The first-order valence-electron chi connectivity index (χ1n) is 12.2. The number of nitrogens with zero attached hydrogens (tertiary/aromatic N) is 3. The van der Waals surface area contributed by atoms with E-state index in [2.05, 4.69) is 0 Å². The third-order valence-electron chi connectivity index (χ3n) is 6.93. The lowest BCUT2D eigenvalue weighted by atomic mass is 10.0. The number of alkyl halides is 2. The van der Waals surface area contributed by atoms with E-state index in [0.717, 1.165) is 11.0 Å². The number of hydrogen-bond acceptors (Lipinski definition) is 6. The number of aromatic nitrogens is 2. The number of amides is 1. The summed E-state index contributed by atoms with van der Waals surface area (Å²) in [5.74, 6) is 1.50. The number of hydrogen-bond donors (Lipinski definition) is 0. The van der Waals surface area contributed by atoms with Gasteiger partial charge in [0, 0.05) is 37.5 Å². The minimum atomic E-state index is -1.28. The van der Waals surface area contributed by atoms with Crippen molar-refractivity contribution >= 4 is 17.3 Å². The number of ether oxygens (including phenoxy) is 3. The standard InChI is InChI=1S/C26H31F2N3O6/c1-35-19-4-6-24(36-2)17(11-19)15-30-25(33)22-12-20(37-21(13-27)14-28)3-5-23(22)31(26(30)34)18-7-9-29(16-32)10-8-18/h3,5,11-12,16,18,21H,4,6-10,13-15H2,1-2H3. The van der Waals surface area contributed by atoms with Gasteiger partial charge in [0.25, 0.3) is 5.56 Å². The summed E-state index contributed by atoms with van der Waals surface area (Å²) in [6.07, 6.45) is 3.56. The van der Waals surface area contributed by atoms with E-state index < -0.39 is 30.7 Å². The molecule has 0 bridgehead atoms. The molecule has 2 aliphatic rings. The van der Waals surface area contributed by atoms with Gasteiger partial charge in [-0.1, -0.05) is 0 Å². The van der Waals surface area contributed by atoms with Crippen LogP contribution in [0.1, 0.15) is 31.7 Å². The van der Waals surface area contributed by atoms with Crippen LogP contribution in [0.4, 0.5) is 8.78 Å². The average molecular weight is 520 g/mol. The molecule has 1 amide bonds.